The van der Waals surface area contributed by atoms with Gasteiger partial charge in [0.1, 0.15) is 5.75 Å². The van der Waals surface area contributed by atoms with Crippen LogP contribution in [0, 0.1) is 5.82 Å². The van der Waals surface area contributed by atoms with Crippen molar-refractivity contribution >= 4 is 5.78 Å². The zero-order valence-corrected chi connectivity index (χ0v) is 13.2. The van der Waals surface area contributed by atoms with Gasteiger partial charge in [0, 0.05) is 12.0 Å². The van der Waals surface area contributed by atoms with Crippen LogP contribution >= 0.6 is 0 Å². The number of Topliss-reactive ketones (excluding diaryl/α,β-unsaturated/α-hetero) is 1. The molecule has 2 aromatic rings. The van der Waals surface area contributed by atoms with Gasteiger partial charge in [-0.25, -0.2) is 4.39 Å². The van der Waals surface area contributed by atoms with Crippen molar-refractivity contribution in [2.24, 2.45) is 0 Å². The summed E-state index contributed by atoms with van der Waals surface area (Å²) in [6, 6.07) is 9.14. The molecule has 6 heteroatoms. The summed E-state index contributed by atoms with van der Waals surface area (Å²) in [4.78, 5) is 11.5. The van der Waals surface area contributed by atoms with Crippen LogP contribution in [0.15, 0.2) is 42.5 Å². The van der Waals surface area contributed by atoms with Crippen LogP contribution in [-0.4, -0.2) is 12.0 Å². The number of benzene rings is 2. The first-order chi connectivity index (χ1) is 11.2. The van der Waals surface area contributed by atoms with E-state index in [0.29, 0.717) is 0 Å². The number of hydrogen-bond acceptors (Lipinski definition) is 2. The Balaban J connectivity index is 2.16. The van der Waals surface area contributed by atoms with Crippen molar-refractivity contribution in [3.8, 4) is 11.5 Å². The highest BCUT2D eigenvalue weighted by Crippen LogP contribution is 2.35. The summed E-state index contributed by atoms with van der Waals surface area (Å²) in [5, 5.41) is 0. The molecule has 0 fully saturated rings. The molecular weight excluding hydrogens is 324 g/mol. The van der Waals surface area contributed by atoms with E-state index in [9.17, 15) is 22.4 Å². The van der Waals surface area contributed by atoms with Gasteiger partial charge in [-0.15, -0.1) is 0 Å². The molecule has 2 rings (SSSR count). The summed E-state index contributed by atoms with van der Waals surface area (Å²) >= 11 is 0. The van der Waals surface area contributed by atoms with Crippen molar-refractivity contribution in [1.29, 1.82) is 0 Å². The van der Waals surface area contributed by atoms with Crippen molar-refractivity contribution in [2.75, 3.05) is 0 Å². The van der Waals surface area contributed by atoms with Crippen LogP contribution in [0.3, 0.4) is 0 Å². The van der Waals surface area contributed by atoms with E-state index in [1.165, 1.54) is 36.4 Å². The molecular formula is C18H16F4O2. The van der Waals surface area contributed by atoms with Crippen molar-refractivity contribution < 1.29 is 27.1 Å². The average Bonchev–Trinajstić information content (AvgIpc) is 2.55. The summed E-state index contributed by atoms with van der Waals surface area (Å²) in [6.45, 7) is 2.74. The molecule has 0 amide bonds. The summed E-state index contributed by atoms with van der Waals surface area (Å²) < 4.78 is 57.3. The molecule has 0 bridgehead atoms. The van der Waals surface area contributed by atoms with Gasteiger partial charge in [0.15, 0.2) is 17.3 Å². The van der Waals surface area contributed by atoms with E-state index < -0.39 is 17.9 Å². The Morgan fingerprint density at radius 1 is 1.12 bits per heavy atom. The monoisotopic (exact) mass is 340 g/mol. The van der Waals surface area contributed by atoms with Crippen LogP contribution in [-0.2, 0) is 0 Å². The SMILES string of the molecule is CCC(=O)c1ccc(Oc2ccc(C(C)C(F)(F)F)cc2)c(F)c1. The second-order valence-corrected chi connectivity index (χ2v) is 5.36. The number of halogens is 4. The number of carbonyl (C=O) groups is 1. The van der Waals surface area contributed by atoms with Crippen molar-refractivity contribution in [2.45, 2.75) is 32.4 Å². The molecule has 0 spiro atoms. The van der Waals surface area contributed by atoms with E-state index >= 15 is 0 Å². The summed E-state index contributed by atoms with van der Waals surface area (Å²) in [6.07, 6.45) is -4.06. The Bertz CT molecular complexity index is 721. The van der Waals surface area contributed by atoms with Gasteiger partial charge in [-0.2, -0.15) is 13.2 Å². The molecule has 1 atom stereocenters. The largest absolute Gasteiger partial charge is 0.454 e. The van der Waals surface area contributed by atoms with Crippen LogP contribution in [0.1, 0.15) is 42.1 Å². The first-order valence-corrected chi connectivity index (χ1v) is 7.39. The number of rotatable bonds is 5. The fraction of sp³-hybridized carbons (Fsp3) is 0.278. The van der Waals surface area contributed by atoms with E-state index in [-0.39, 0.29) is 34.8 Å². The van der Waals surface area contributed by atoms with Gasteiger partial charge in [0.2, 0.25) is 0 Å². The van der Waals surface area contributed by atoms with Crippen LogP contribution in [0.2, 0.25) is 0 Å². The fourth-order valence-corrected chi connectivity index (χ4v) is 2.10. The lowest BCUT2D eigenvalue weighted by molar-refractivity contribution is -0.146. The molecule has 1 unspecified atom stereocenters. The predicted molar refractivity (Wildman–Crippen MR) is 82.0 cm³/mol. The quantitative estimate of drug-likeness (QED) is 0.502. The second-order valence-electron chi connectivity index (χ2n) is 5.36. The smallest absolute Gasteiger partial charge is 0.395 e. The van der Waals surface area contributed by atoms with E-state index in [1.807, 2.05) is 0 Å². The molecule has 0 N–H and O–H groups in total. The Labute approximate surface area is 137 Å². The number of hydrogen-bond donors (Lipinski definition) is 0. The molecule has 0 aliphatic heterocycles. The highest BCUT2D eigenvalue weighted by molar-refractivity contribution is 5.95. The van der Waals surface area contributed by atoms with Crippen LogP contribution in [0.25, 0.3) is 0 Å². The first-order valence-electron chi connectivity index (χ1n) is 7.39. The number of ketones is 1. The molecule has 0 aliphatic rings. The third-order valence-electron chi connectivity index (χ3n) is 3.67. The molecule has 0 aromatic heterocycles. The fourth-order valence-electron chi connectivity index (χ4n) is 2.10. The van der Waals surface area contributed by atoms with Crippen LogP contribution < -0.4 is 4.74 Å². The lowest BCUT2D eigenvalue weighted by atomic mass is 10.0. The third-order valence-corrected chi connectivity index (χ3v) is 3.67. The summed E-state index contributed by atoms with van der Waals surface area (Å²) in [7, 11) is 0. The Morgan fingerprint density at radius 2 is 1.75 bits per heavy atom. The zero-order valence-electron chi connectivity index (χ0n) is 13.2. The van der Waals surface area contributed by atoms with E-state index in [4.69, 9.17) is 4.74 Å². The molecule has 0 saturated heterocycles. The lowest BCUT2D eigenvalue weighted by Gasteiger charge is -2.16. The van der Waals surface area contributed by atoms with Gasteiger partial charge >= 0.3 is 6.18 Å². The Morgan fingerprint density at radius 3 is 2.25 bits per heavy atom. The Kier molecular flexibility index (Phi) is 5.26. The maximum absolute atomic E-state index is 14.0. The van der Waals surface area contributed by atoms with Crippen LogP contribution in [0.4, 0.5) is 17.6 Å². The van der Waals surface area contributed by atoms with Crippen LogP contribution in [0.5, 0.6) is 11.5 Å². The number of ether oxygens (including phenoxy) is 1. The molecule has 24 heavy (non-hydrogen) atoms. The van der Waals surface area contributed by atoms with E-state index in [1.54, 1.807) is 6.92 Å². The molecule has 0 aliphatic carbocycles. The molecule has 2 aromatic carbocycles. The predicted octanol–water partition coefficient (Wildman–Crippen LogP) is 5.88. The minimum atomic E-state index is -4.32. The average molecular weight is 340 g/mol. The lowest BCUT2D eigenvalue weighted by Crippen LogP contribution is -2.17. The molecule has 0 heterocycles. The summed E-state index contributed by atoms with van der Waals surface area (Å²) in [5.41, 5.74) is 0.343. The number of alkyl halides is 3. The highest BCUT2D eigenvalue weighted by atomic mass is 19.4. The minimum absolute atomic E-state index is 0.0965. The minimum Gasteiger partial charge on any atom is -0.454 e. The second kappa shape index (κ2) is 7.03. The highest BCUT2D eigenvalue weighted by Gasteiger charge is 2.36. The van der Waals surface area contributed by atoms with Gasteiger partial charge in [-0.05, 0) is 42.8 Å². The van der Waals surface area contributed by atoms with Gasteiger partial charge in [0.05, 0.1) is 5.92 Å². The molecule has 0 radical (unpaired) electrons. The van der Waals surface area contributed by atoms with Gasteiger partial charge < -0.3 is 4.74 Å². The maximum atomic E-state index is 14.0. The van der Waals surface area contributed by atoms with Crippen molar-refractivity contribution in [1.82, 2.24) is 0 Å². The normalized spacial score (nSPS) is 12.8. The topological polar surface area (TPSA) is 26.3 Å². The standard InChI is InChI=1S/C18H16F4O2/c1-3-16(23)13-6-9-17(15(19)10-13)24-14-7-4-12(5-8-14)11(2)18(20,21)22/h4-11H,3H2,1-2H3. The number of carbonyl (C=O) groups excluding carboxylic acids is 1. The summed E-state index contributed by atoms with van der Waals surface area (Å²) in [5.74, 6) is -2.38. The third kappa shape index (κ3) is 4.13. The van der Waals surface area contributed by atoms with Gasteiger partial charge in [-0.1, -0.05) is 19.1 Å². The van der Waals surface area contributed by atoms with E-state index in [2.05, 4.69) is 0 Å². The van der Waals surface area contributed by atoms with E-state index in [0.717, 1.165) is 13.0 Å². The maximum Gasteiger partial charge on any atom is 0.395 e. The Hall–Kier alpha value is -2.37. The van der Waals surface area contributed by atoms with Gasteiger partial charge in [-0.3, -0.25) is 4.79 Å². The molecule has 128 valence electrons. The van der Waals surface area contributed by atoms with Crippen molar-refractivity contribution in [3.05, 3.63) is 59.4 Å². The molecule has 0 saturated carbocycles. The molecule has 2 nitrogen and oxygen atoms in total. The zero-order chi connectivity index (χ0) is 17.9. The van der Waals surface area contributed by atoms with Gasteiger partial charge in [0.25, 0.3) is 0 Å². The first kappa shape index (κ1) is 18.0. The van der Waals surface area contributed by atoms with Crippen molar-refractivity contribution in [3.63, 3.8) is 0 Å².